The Hall–Kier alpha value is -2.64. The maximum Gasteiger partial charge on any atom is 0.314 e. The second-order valence-corrected chi connectivity index (χ2v) is 6.36. The normalized spacial score (nSPS) is 17.6. The SMILES string of the molecule is NC(=O)N1CCC[C@H](C(=O)NCCCc2nc3ccc(F)cc3[nH]2)C1. The van der Waals surface area contributed by atoms with Crippen LogP contribution in [0.4, 0.5) is 9.18 Å². The molecule has 1 atom stereocenters. The number of hydrogen-bond donors (Lipinski definition) is 3. The molecular weight excluding hydrogens is 325 g/mol. The first-order valence-corrected chi connectivity index (χ1v) is 8.49. The number of likely N-dealkylation sites (tertiary alicyclic amines) is 1. The van der Waals surface area contributed by atoms with E-state index in [0.29, 0.717) is 31.6 Å². The van der Waals surface area contributed by atoms with Crippen LogP contribution >= 0.6 is 0 Å². The summed E-state index contributed by atoms with van der Waals surface area (Å²) in [5.41, 5.74) is 6.68. The molecule has 1 saturated heterocycles. The minimum atomic E-state index is -0.473. The van der Waals surface area contributed by atoms with E-state index in [4.69, 9.17) is 5.73 Å². The average Bonchev–Trinajstić information content (AvgIpc) is 3.00. The number of benzene rings is 1. The molecule has 1 aromatic heterocycles. The van der Waals surface area contributed by atoms with Gasteiger partial charge < -0.3 is 20.9 Å². The van der Waals surface area contributed by atoms with E-state index in [9.17, 15) is 14.0 Å². The predicted molar refractivity (Wildman–Crippen MR) is 91.3 cm³/mol. The molecule has 0 radical (unpaired) electrons. The first kappa shape index (κ1) is 17.2. The molecule has 0 saturated carbocycles. The van der Waals surface area contributed by atoms with Gasteiger partial charge in [-0.3, -0.25) is 4.79 Å². The van der Waals surface area contributed by atoms with Crippen molar-refractivity contribution in [1.29, 1.82) is 0 Å². The van der Waals surface area contributed by atoms with E-state index >= 15 is 0 Å². The van der Waals surface area contributed by atoms with Gasteiger partial charge in [0.2, 0.25) is 5.91 Å². The number of rotatable bonds is 5. The van der Waals surface area contributed by atoms with Gasteiger partial charge in [0.25, 0.3) is 0 Å². The number of imidazole rings is 1. The molecule has 134 valence electrons. The number of aromatic amines is 1. The first-order valence-electron chi connectivity index (χ1n) is 8.49. The number of piperidine rings is 1. The summed E-state index contributed by atoms with van der Waals surface area (Å²) in [5, 5.41) is 2.91. The summed E-state index contributed by atoms with van der Waals surface area (Å²) >= 11 is 0. The van der Waals surface area contributed by atoms with Crippen LogP contribution < -0.4 is 11.1 Å². The van der Waals surface area contributed by atoms with E-state index in [0.717, 1.165) is 30.6 Å². The molecule has 3 amide bonds. The van der Waals surface area contributed by atoms with Gasteiger partial charge in [0.15, 0.2) is 0 Å². The van der Waals surface area contributed by atoms with Crippen molar-refractivity contribution in [1.82, 2.24) is 20.2 Å². The highest BCUT2D eigenvalue weighted by Gasteiger charge is 2.27. The summed E-state index contributed by atoms with van der Waals surface area (Å²) in [6.45, 7) is 1.53. The van der Waals surface area contributed by atoms with Crippen LogP contribution in [0.25, 0.3) is 11.0 Å². The fourth-order valence-corrected chi connectivity index (χ4v) is 3.16. The van der Waals surface area contributed by atoms with Gasteiger partial charge in [-0.2, -0.15) is 0 Å². The number of nitrogens with zero attached hydrogens (tertiary/aromatic N) is 2. The number of nitrogens with one attached hydrogen (secondary N) is 2. The van der Waals surface area contributed by atoms with Crippen LogP contribution in [0.15, 0.2) is 18.2 Å². The first-order chi connectivity index (χ1) is 12.0. The van der Waals surface area contributed by atoms with Gasteiger partial charge in [0.05, 0.1) is 17.0 Å². The fraction of sp³-hybridized carbons (Fsp3) is 0.471. The van der Waals surface area contributed by atoms with Gasteiger partial charge in [-0.1, -0.05) is 0 Å². The number of aryl methyl sites for hydroxylation is 1. The van der Waals surface area contributed by atoms with Crippen molar-refractivity contribution in [2.75, 3.05) is 19.6 Å². The van der Waals surface area contributed by atoms with Crippen LogP contribution in [-0.2, 0) is 11.2 Å². The molecule has 1 aliphatic rings. The summed E-state index contributed by atoms with van der Waals surface area (Å²) in [7, 11) is 0. The molecule has 8 heteroatoms. The summed E-state index contributed by atoms with van der Waals surface area (Å²) in [6.07, 6.45) is 2.94. The van der Waals surface area contributed by atoms with E-state index in [-0.39, 0.29) is 17.6 Å². The predicted octanol–water partition coefficient (Wildman–Crippen LogP) is 1.54. The summed E-state index contributed by atoms with van der Waals surface area (Å²) in [5.74, 6) is 0.230. The highest BCUT2D eigenvalue weighted by molar-refractivity contribution is 5.80. The molecule has 2 heterocycles. The lowest BCUT2D eigenvalue weighted by molar-refractivity contribution is -0.126. The molecule has 0 spiro atoms. The van der Waals surface area contributed by atoms with Gasteiger partial charge in [-0.15, -0.1) is 0 Å². The highest BCUT2D eigenvalue weighted by Crippen LogP contribution is 2.16. The molecule has 0 bridgehead atoms. The average molecular weight is 347 g/mol. The number of carbonyl (C=O) groups is 2. The number of halogens is 1. The smallest absolute Gasteiger partial charge is 0.314 e. The van der Waals surface area contributed by atoms with E-state index in [1.54, 1.807) is 6.07 Å². The van der Waals surface area contributed by atoms with E-state index < -0.39 is 6.03 Å². The number of amides is 3. The Balaban J connectivity index is 1.44. The number of aromatic nitrogens is 2. The van der Waals surface area contributed by atoms with Gasteiger partial charge in [-0.25, -0.2) is 14.2 Å². The lowest BCUT2D eigenvalue weighted by atomic mass is 9.97. The van der Waals surface area contributed by atoms with Gasteiger partial charge in [0, 0.05) is 26.1 Å². The number of hydrogen-bond acceptors (Lipinski definition) is 3. The Morgan fingerprint density at radius 1 is 1.44 bits per heavy atom. The number of H-pyrrole nitrogens is 1. The van der Waals surface area contributed by atoms with E-state index in [2.05, 4.69) is 15.3 Å². The maximum atomic E-state index is 13.2. The van der Waals surface area contributed by atoms with Gasteiger partial charge >= 0.3 is 6.03 Å². The molecule has 1 aliphatic heterocycles. The van der Waals surface area contributed by atoms with Crippen molar-refractivity contribution in [3.8, 4) is 0 Å². The second-order valence-electron chi connectivity index (χ2n) is 6.36. The molecule has 2 aromatic rings. The number of urea groups is 1. The highest BCUT2D eigenvalue weighted by atomic mass is 19.1. The van der Waals surface area contributed by atoms with Crippen molar-refractivity contribution in [3.05, 3.63) is 29.8 Å². The molecule has 0 unspecified atom stereocenters. The summed E-state index contributed by atoms with van der Waals surface area (Å²) < 4.78 is 13.2. The monoisotopic (exact) mass is 347 g/mol. The van der Waals surface area contributed by atoms with E-state index in [1.165, 1.54) is 17.0 Å². The quantitative estimate of drug-likeness (QED) is 0.715. The number of fused-ring (bicyclic) bond motifs is 1. The minimum absolute atomic E-state index is 0.0439. The molecule has 7 nitrogen and oxygen atoms in total. The Bertz CT molecular complexity index is 775. The van der Waals surface area contributed by atoms with Crippen molar-refractivity contribution in [2.45, 2.75) is 25.7 Å². The molecule has 1 aromatic carbocycles. The third kappa shape index (κ3) is 4.26. The molecule has 1 fully saturated rings. The van der Waals surface area contributed by atoms with Crippen LogP contribution in [-0.4, -0.2) is 46.4 Å². The van der Waals surface area contributed by atoms with Gasteiger partial charge in [0.1, 0.15) is 11.6 Å². The zero-order valence-corrected chi connectivity index (χ0v) is 13.9. The van der Waals surface area contributed by atoms with E-state index in [1.807, 2.05) is 0 Å². The van der Waals surface area contributed by atoms with Crippen LogP contribution in [0.5, 0.6) is 0 Å². The third-order valence-corrected chi connectivity index (χ3v) is 4.49. The Morgan fingerprint density at radius 2 is 2.28 bits per heavy atom. The summed E-state index contributed by atoms with van der Waals surface area (Å²) in [4.78, 5) is 32.4. The molecule has 0 aliphatic carbocycles. The standard InChI is InChI=1S/C17H22FN5O2/c18-12-5-6-13-14(9-12)22-15(21-13)4-1-7-20-16(24)11-3-2-8-23(10-11)17(19)25/h5-6,9,11H,1-4,7-8,10H2,(H2,19,25)(H,20,24)(H,21,22)/t11-/m0/s1. The van der Waals surface area contributed by atoms with Crippen molar-refractivity contribution >= 4 is 23.0 Å². The largest absolute Gasteiger partial charge is 0.356 e. The zero-order valence-electron chi connectivity index (χ0n) is 13.9. The Morgan fingerprint density at radius 3 is 3.08 bits per heavy atom. The summed E-state index contributed by atoms with van der Waals surface area (Å²) in [6, 6.07) is 3.97. The van der Waals surface area contributed by atoms with Crippen LogP contribution in [0.2, 0.25) is 0 Å². The number of carbonyl (C=O) groups excluding carboxylic acids is 2. The zero-order chi connectivity index (χ0) is 17.8. The van der Waals surface area contributed by atoms with Gasteiger partial charge in [-0.05, 0) is 37.5 Å². The lowest BCUT2D eigenvalue weighted by Crippen LogP contribution is -2.47. The van der Waals surface area contributed by atoms with Crippen LogP contribution in [0.3, 0.4) is 0 Å². The number of nitrogens with two attached hydrogens (primary N) is 1. The molecular formula is C17H22FN5O2. The fourth-order valence-electron chi connectivity index (χ4n) is 3.16. The van der Waals surface area contributed by atoms with Crippen LogP contribution in [0, 0.1) is 11.7 Å². The minimum Gasteiger partial charge on any atom is -0.356 e. The maximum absolute atomic E-state index is 13.2. The lowest BCUT2D eigenvalue weighted by Gasteiger charge is -2.30. The van der Waals surface area contributed by atoms with Crippen molar-refractivity contribution in [3.63, 3.8) is 0 Å². The second kappa shape index (κ2) is 7.50. The molecule has 4 N–H and O–H groups in total. The van der Waals surface area contributed by atoms with Crippen LogP contribution in [0.1, 0.15) is 25.1 Å². The molecule has 25 heavy (non-hydrogen) atoms. The Labute approximate surface area is 144 Å². The van der Waals surface area contributed by atoms with Crippen molar-refractivity contribution in [2.24, 2.45) is 11.7 Å². The number of primary amides is 1. The van der Waals surface area contributed by atoms with Crippen molar-refractivity contribution < 1.29 is 14.0 Å². The Kier molecular flexibility index (Phi) is 5.16. The topological polar surface area (TPSA) is 104 Å². The molecule has 3 rings (SSSR count). The third-order valence-electron chi connectivity index (χ3n) is 4.49.